The number of hydrogen-bond donors (Lipinski definition) is 3. The zero-order chi connectivity index (χ0) is 44.5. The van der Waals surface area contributed by atoms with Gasteiger partial charge >= 0.3 is 5.97 Å². The smallest absolute Gasteiger partial charge is 0.306 e. The standard InChI is InChI=1S/C55H89NO5/c1-4-7-10-13-16-19-22-25-27-29-31-34-37-40-43-46-51(61-55(60)48-45-42-39-36-33-28-24-21-18-15-12-9-6-3)49-54(59)56-52(50-57)53(58)47-44-41-38-35-32-30-26-23-20-17-14-11-8-5-2/h7,9-10,12,15-16,18-19,21,24-25,27-28,31,33-34,36,39-40,43,51-53,57-58H,4-6,8,11,13-14,17,20,22-23,26,29-30,32,35,37-38,41-42,44-50H2,1-3H3,(H,56,59)/b10-7-,12-9+,18-15+,19-16-,24-21-,27-25-,33-28-,34-31-,39-36+,43-40-. The van der Waals surface area contributed by atoms with Gasteiger partial charge in [-0.25, -0.2) is 0 Å². The summed E-state index contributed by atoms with van der Waals surface area (Å²) in [7, 11) is 0. The van der Waals surface area contributed by atoms with E-state index in [1.165, 1.54) is 70.6 Å². The average molecular weight is 844 g/mol. The minimum Gasteiger partial charge on any atom is -0.461 e. The molecule has 0 heterocycles. The molecule has 0 bridgehead atoms. The lowest BCUT2D eigenvalue weighted by atomic mass is 10.0. The Bertz CT molecular complexity index is 1310. The third kappa shape index (κ3) is 42.7. The van der Waals surface area contributed by atoms with Gasteiger partial charge in [-0.3, -0.25) is 9.59 Å². The number of aliphatic hydroxyl groups is 2. The fraction of sp³-hybridized carbons (Fsp3) is 0.600. The van der Waals surface area contributed by atoms with Crippen molar-refractivity contribution in [3.8, 4) is 0 Å². The van der Waals surface area contributed by atoms with Gasteiger partial charge in [0.15, 0.2) is 0 Å². The second kappa shape index (κ2) is 47.3. The maximum atomic E-state index is 13.2. The summed E-state index contributed by atoms with van der Waals surface area (Å²) < 4.78 is 5.81. The lowest BCUT2D eigenvalue weighted by molar-refractivity contribution is -0.150. The molecular weight excluding hydrogens is 755 g/mol. The minimum atomic E-state index is -0.832. The van der Waals surface area contributed by atoms with Crippen molar-refractivity contribution < 1.29 is 24.5 Å². The van der Waals surface area contributed by atoms with E-state index < -0.39 is 18.2 Å². The summed E-state index contributed by atoms with van der Waals surface area (Å²) in [5, 5.41) is 23.7. The van der Waals surface area contributed by atoms with E-state index >= 15 is 0 Å². The molecule has 0 aliphatic heterocycles. The molecule has 0 aliphatic rings. The number of carbonyl (C=O) groups excluding carboxylic acids is 2. The number of unbranched alkanes of at least 4 members (excludes halogenated alkanes) is 14. The SMILES string of the molecule is CC/C=C\C/C=C\C/C=C\C/C=C\C/C=C\CC(CC(=O)NC(CO)C(O)CCCCCCCCCCCCCCCC)OC(=O)CCC/C=C/C=C\C=C/C=C/C=C/CC. The summed E-state index contributed by atoms with van der Waals surface area (Å²) in [5.41, 5.74) is 0. The van der Waals surface area contributed by atoms with Crippen molar-refractivity contribution in [2.24, 2.45) is 0 Å². The lowest BCUT2D eigenvalue weighted by Gasteiger charge is -2.24. The van der Waals surface area contributed by atoms with Crippen LogP contribution < -0.4 is 5.32 Å². The molecule has 0 fully saturated rings. The van der Waals surface area contributed by atoms with Gasteiger partial charge in [-0.05, 0) is 57.8 Å². The first-order chi connectivity index (χ1) is 30.0. The number of carbonyl (C=O) groups is 2. The average Bonchev–Trinajstić information content (AvgIpc) is 3.25. The first-order valence-corrected chi connectivity index (χ1v) is 24.3. The number of aliphatic hydroxyl groups excluding tert-OH is 2. The summed E-state index contributed by atoms with van der Waals surface area (Å²) in [5.74, 6) is -0.682. The van der Waals surface area contributed by atoms with Gasteiger partial charge < -0.3 is 20.3 Å². The molecule has 6 heteroatoms. The van der Waals surface area contributed by atoms with Crippen LogP contribution in [0.2, 0.25) is 0 Å². The molecule has 0 rings (SSSR count). The van der Waals surface area contributed by atoms with Gasteiger partial charge in [0.25, 0.3) is 0 Å². The van der Waals surface area contributed by atoms with Crippen LogP contribution in [0.1, 0.15) is 188 Å². The molecule has 0 saturated carbocycles. The van der Waals surface area contributed by atoms with E-state index in [0.717, 1.165) is 64.2 Å². The van der Waals surface area contributed by atoms with Crippen molar-refractivity contribution in [1.82, 2.24) is 5.32 Å². The third-order valence-electron chi connectivity index (χ3n) is 10.2. The largest absolute Gasteiger partial charge is 0.461 e. The number of amides is 1. The van der Waals surface area contributed by atoms with Crippen LogP contribution in [0.25, 0.3) is 0 Å². The van der Waals surface area contributed by atoms with E-state index in [-0.39, 0.29) is 31.3 Å². The highest BCUT2D eigenvalue weighted by Gasteiger charge is 2.23. The van der Waals surface area contributed by atoms with Gasteiger partial charge in [0.1, 0.15) is 6.10 Å². The molecule has 0 spiro atoms. The van der Waals surface area contributed by atoms with Gasteiger partial charge in [-0.2, -0.15) is 0 Å². The summed E-state index contributed by atoms with van der Waals surface area (Å²) in [6, 6.07) is -0.754. The maximum Gasteiger partial charge on any atom is 0.306 e. The molecule has 0 aliphatic carbocycles. The Morgan fingerprint density at radius 1 is 0.525 bits per heavy atom. The highest BCUT2D eigenvalue weighted by Crippen LogP contribution is 2.15. The van der Waals surface area contributed by atoms with E-state index in [2.05, 4.69) is 80.8 Å². The Kier molecular flexibility index (Phi) is 44.4. The number of allylic oxidation sites excluding steroid dienone is 19. The van der Waals surface area contributed by atoms with Gasteiger partial charge in [0.2, 0.25) is 5.91 Å². The van der Waals surface area contributed by atoms with Gasteiger partial charge in [0, 0.05) is 12.8 Å². The quantitative estimate of drug-likeness (QED) is 0.0247. The molecule has 0 aromatic heterocycles. The molecule has 344 valence electrons. The predicted molar refractivity (Wildman–Crippen MR) is 263 cm³/mol. The Morgan fingerprint density at radius 3 is 1.46 bits per heavy atom. The summed E-state index contributed by atoms with van der Waals surface area (Å²) in [6.07, 6.45) is 65.6. The highest BCUT2D eigenvalue weighted by atomic mass is 16.5. The Hall–Kier alpha value is -3.74. The van der Waals surface area contributed by atoms with Gasteiger partial charge in [0.05, 0.1) is 25.2 Å². The molecule has 3 N–H and O–H groups in total. The van der Waals surface area contributed by atoms with Crippen LogP contribution in [0.4, 0.5) is 0 Å². The highest BCUT2D eigenvalue weighted by molar-refractivity contribution is 5.77. The fourth-order valence-electron chi connectivity index (χ4n) is 6.54. The molecule has 3 unspecified atom stereocenters. The topological polar surface area (TPSA) is 95.9 Å². The Labute approximate surface area is 374 Å². The zero-order valence-electron chi connectivity index (χ0n) is 39.0. The molecule has 3 atom stereocenters. The monoisotopic (exact) mass is 844 g/mol. The molecule has 61 heavy (non-hydrogen) atoms. The number of nitrogens with one attached hydrogen (secondary N) is 1. The summed E-state index contributed by atoms with van der Waals surface area (Å²) in [6.45, 7) is 6.16. The van der Waals surface area contributed by atoms with Crippen molar-refractivity contribution in [3.05, 3.63) is 122 Å². The van der Waals surface area contributed by atoms with E-state index in [0.29, 0.717) is 19.3 Å². The second-order valence-corrected chi connectivity index (χ2v) is 15.9. The molecule has 0 radical (unpaired) electrons. The van der Waals surface area contributed by atoms with E-state index in [1.807, 2.05) is 66.8 Å². The molecule has 0 aromatic carbocycles. The molecule has 0 aromatic rings. The van der Waals surface area contributed by atoms with Crippen LogP contribution in [-0.2, 0) is 14.3 Å². The first-order valence-electron chi connectivity index (χ1n) is 24.3. The van der Waals surface area contributed by atoms with Crippen molar-refractivity contribution in [2.45, 2.75) is 206 Å². The number of hydrogen-bond acceptors (Lipinski definition) is 5. The number of esters is 1. The molecule has 0 saturated heterocycles. The van der Waals surface area contributed by atoms with E-state index in [1.54, 1.807) is 0 Å². The van der Waals surface area contributed by atoms with Gasteiger partial charge in [-0.1, -0.05) is 232 Å². The minimum absolute atomic E-state index is 0.0373. The summed E-state index contributed by atoms with van der Waals surface area (Å²) in [4.78, 5) is 26.0. The van der Waals surface area contributed by atoms with Gasteiger partial charge in [-0.15, -0.1) is 0 Å². The van der Waals surface area contributed by atoms with Crippen molar-refractivity contribution in [1.29, 1.82) is 0 Å². The second-order valence-electron chi connectivity index (χ2n) is 15.9. The Morgan fingerprint density at radius 2 is 0.967 bits per heavy atom. The fourth-order valence-corrected chi connectivity index (χ4v) is 6.54. The van der Waals surface area contributed by atoms with Crippen LogP contribution >= 0.6 is 0 Å². The third-order valence-corrected chi connectivity index (χ3v) is 10.2. The Balaban J connectivity index is 4.86. The first kappa shape index (κ1) is 57.3. The van der Waals surface area contributed by atoms with Crippen LogP contribution in [-0.4, -0.2) is 46.9 Å². The number of rotatable bonds is 41. The van der Waals surface area contributed by atoms with Crippen molar-refractivity contribution in [3.63, 3.8) is 0 Å². The van der Waals surface area contributed by atoms with E-state index in [4.69, 9.17) is 4.74 Å². The molecular formula is C55H89NO5. The maximum absolute atomic E-state index is 13.2. The van der Waals surface area contributed by atoms with Crippen LogP contribution in [0.3, 0.4) is 0 Å². The van der Waals surface area contributed by atoms with Crippen LogP contribution in [0.5, 0.6) is 0 Å². The van der Waals surface area contributed by atoms with E-state index in [9.17, 15) is 19.8 Å². The molecule has 6 nitrogen and oxygen atoms in total. The zero-order valence-corrected chi connectivity index (χ0v) is 39.0. The van der Waals surface area contributed by atoms with Crippen LogP contribution in [0, 0.1) is 0 Å². The van der Waals surface area contributed by atoms with Crippen molar-refractivity contribution >= 4 is 11.9 Å². The predicted octanol–water partition coefficient (Wildman–Crippen LogP) is 14.5. The lowest BCUT2D eigenvalue weighted by Crippen LogP contribution is -2.46. The summed E-state index contributed by atoms with van der Waals surface area (Å²) >= 11 is 0. The normalized spacial score (nSPS) is 14.4. The molecule has 1 amide bonds. The van der Waals surface area contributed by atoms with Crippen molar-refractivity contribution in [2.75, 3.05) is 6.61 Å². The number of ether oxygens (including phenoxy) is 1. The van der Waals surface area contributed by atoms with Crippen LogP contribution in [0.15, 0.2) is 122 Å².